The fourth-order valence-corrected chi connectivity index (χ4v) is 2.29. The van der Waals surface area contributed by atoms with Crippen LogP contribution >= 0.6 is 0 Å². The van der Waals surface area contributed by atoms with E-state index in [1.807, 2.05) is 7.11 Å². The van der Waals surface area contributed by atoms with Crippen LogP contribution in [0, 0.1) is 0 Å². The minimum Gasteiger partial charge on any atom is -0.378 e. The summed E-state index contributed by atoms with van der Waals surface area (Å²) in [6.45, 7) is 2.20. The monoisotopic (exact) mass is 156 g/mol. The summed E-state index contributed by atoms with van der Waals surface area (Å²) in [4.78, 5) is 0. The van der Waals surface area contributed by atoms with Crippen molar-refractivity contribution in [1.29, 1.82) is 0 Å². The zero-order valence-corrected chi connectivity index (χ0v) is 7.30. The van der Waals surface area contributed by atoms with Crippen molar-refractivity contribution in [2.45, 2.75) is 50.4 Å². The van der Waals surface area contributed by atoms with Gasteiger partial charge in [-0.25, -0.2) is 0 Å². The average Bonchev–Trinajstić information content (AvgIpc) is 2.31. The van der Waals surface area contributed by atoms with Crippen LogP contribution in [-0.4, -0.2) is 24.9 Å². The van der Waals surface area contributed by atoms with Crippen LogP contribution in [0.3, 0.4) is 0 Å². The highest BCUT2D eigenvalue weighted by atomic mass is 16.5. The molecule has 2 fully saturated rings. The molecule has 0 N–H and O–H groups in total. The van der Waals surface area contributed by atoms with E-state index in [1.54, 1.807) is 0 Å². The Balaban J connectivity index is 2.07. The highest BCUT2D eigenvalue weighted by molar-refractivity contribution is 4.92. The molecule has 0 aromatic rings. The van der Waals surface area contributed by atoms with E-state index in [-0.39, 0.29) is 5.60 Å². The van der Waals surface area contributed by atoms with Crippen LogP contribution in [0.5, 0.6) is 0 Å². The Labute approximate surface area is 67.9 Å². The van der Waals surface area contributed by atoms with Crippen LogP contribution in [0.15, 0.2) is 0 Å². The van der Waals surface area contributed by atoms with Gasteiger partial charge in [0.25, 0.3) is 0 Å². The molecule has 2 unspecified atom stereocenters. The van der Waals surface area contributed by atoms with Gasteiger partial charge in [-0.3, -0.25) is 0 Å². The van der Waals surface area contributed by atoms with E-state index in [0.29, 0.717) is 12.2 Å². The fraction of sp³-hybridized carbons (Fsp3) is 1.00. The van der Waals surface area contributed by atoms with Crippen molar-refractivity contribution in [3.8, 4) is 0 Å². The van der Waals surface area contributed by atoms with E-state index < -0.39 is 0 Å². The second-order valence-corrected chi connectivity index (χ2v) is 4.02. The molecule has 0 aromatic heterocycles. The summed E-state index contributed by atoms with van der Waals surface area (Å²) >= 11 is 0. The van der Waals surface area contributed by atoms with Crippen molar-refractivity contribution in [2.24, 2.45) is 0 Å². The van der Waals surface area contributed by atoms with Gasteiger partial charge in [0.05, 0.1) is 17.8 Å². The van der Waals surface area contributed by atoms with Crippen molar-refractivity contribution in [3.63, 3.8) is 0 Å². The quantitative estimate of drug-likeness (QED) is 0.575. The lowest BCUT2D eigenvalue weighted by Crippen LogP contribution is -2.39. The van der Waals surface area contributed by atoms with Gasteiger partial charge in [-0.1, -0.05) is 0 Å². The van der Waals surface area contributed by atoms with Gasteiger partial charge >= 0.3 is 0 Å². The van der Waals surface area contributed by atoms with Crippen molar-refractivity contribution < 1.29 is 9.47 Å². The molecular formula is C9H16O2. The normalized spacial score (nSPS) is 49.6. The van der Waals surface area contributed by atoms with E-state index in [9.17, 15) is 0 Å². The molecule has 2 aliphatic heterocycles. The zero-order valence-electron chi connectivity index (χ0n) is 7.30. The first-order valence-electron chi connectivity index (χ1n) is 4.42. The van der Waals surface area contributed by atoms with Crippen molar-refractivity contribution in [2.75, 3.05) is 7.11 Å². The smallest absolute Gasteiger partial charge is 0.0700 e. The third kappa shape index (κ3) is 1.30. The van der Waals surface area contributed by atoms with Crippen LogP contribution in [0.4, 0.5) is 0 Å². The number of rotatable bonds is 1. The largest absolute Gasteiger partial charge is 0.378 e. The first kappa shape index (κ1) is 7.56. The molecule has 0 aliphatic carbocycles. The van der Waals surface area contributed by atoms with Gasteiger partial charge in [0.1, 0.15) is 0 Å². The predicted octanol–water partition coefficient (Wildman–Crippen LogP) is 1.73. The van der Waals surface area contributed by atoms with Crippen molar-refractivity contribution in [3.05, 3.63) is 0 Å². The van der Waals surface area contributed by atoms with Crippen LogP contribution in [0.25, 0.3) is 0 Å². The lowest BCUT2D eigenvalue weighted by atomic mass is 9.92. The molecule has 0 amide bonds. The van der Waals surface area contributed by atoms with E-state index in [2.05, 4.69) is 6.92 Å². The number of fused-ring (bicyclic) bond motifs is 2. The molecule has 2 heteroatoms. The summed E-state index contributed by atoms with van der Waals surface area (Å²) in [5, 5.41) is 0. The van der Waals surface area contributed by atoms with Crippen LogP contribution in [0.2, 0.25) is 0 Å². The van der Waals surface area contributed by atoms with Gasteiger partial charge in [-0.2, -0.15) is 0 Å². The molecular weight excluding hydrogens is 140 g/mol. The molecule has 2 heterocycles. The average molecular weight is 156 g/mol. The molecule has 11 heavy (non-hydrogen) atoms. The van der Waals surface area contributed by atoms with Crippen molar-refractivity contribution >= 4 is 0 Å². The molecule has 2 saturated heterocycles. The van der Waals surface area contributed by atoms with Gasteiger partial charge in [0.2, 0.25) is 0 Å². The Morgan fingerprint density at radius 2 is 1.82 bits per heavy atom. The molecule has 2 aliphatic rings. The Bertz CT molecular complexity index is 144. The lowest BCUT2D eigenvalue weighted by Gasteiger charge is -2.36. The number of hydrogen-bond donors (Lipinski definition) is 0. The van der Waals surface area contributed by atoms with Gasteiger partial charge in [0.15, 0.2) is 0 Å². The highest BCUT2D eigenvalue weighted by Gasteiger charge is 2.41. The lowest BCUT2D eigenvalue weighted by molar-refractivity contribution is -0.119. The summed E-state index contributed by atoms with van der Waals surface area (Å²) in [5.74, 6) is 0. The molecule has 2 bridgehead atoms. The van der Waals surface area contributed by atoms with Crippen LogP contribution in [0.1, 0.15) is 32.6 Å². The van der Waals surface area contributed by atoms with E-state index in [0.717, 1.165) is 12.8 Å². The molecule has 0 saturated carbocycles. The van der Waals surface area contributed by atoms with E-state index >= 15 is 0 Å². The highest BCUT2D eigenvalue weighted by Crippen LogP contribution is 2.39. The maximum atomic E-state index is 5.71. The Morgan fingerprint density at radius 3 is 2.27 bits per heavy atom. The number of ether oxygens (including phenoxy) is 2. The van der Waals surface area contributed by atoms with Gasteiger partial charge in [-0.05, 0) is 19.8 Å². The topological polar surface area (TPSA) is 18.5 Å². The summed E-state index contributed by atoms with van der Waals surface area (Å²) in [7, 11) is 1.81. The molecule has 0 aromatic carbocycles. The second-order valence-electron chi connectivity index (χ2n) is 4.02. The first-order chi connectivity index (χ1) is 5.22. The second kappa shape index (κ2) is 2.46. The molecule has 2 nitrogen and oxygen atoms in total. The summed E-state index contributed by atoms with van der Waals surface area (Å²) in [5.41, 5.74) is 0.101. The fourth-order valence-electron chi connectivity index (χ4n) is 2.29. The number of hydrogen-bond acceptors (Lipinski definition) is 2. The predicted molar refractivity (Wildman–Crippen MR) is 42.5 cm³/mol. The van der Waals surface area contributed by atoms with E-state index in [1.165, 1.54) is 12.8 Å². The minimum atomic E-state index is 0.101. The summed E-state index contributed by atoms with van der Waals surface area (Å²) in [6.07, 6.45) is 5.62. The maximum Gasteiger partial charge on any atom is 0.0700 e. The Morgan fingerprint density at radius 1 is 1.27 bits per heavy atom. The maximum absolute atomic E-state index is 5.71. The molecule has 2 rings (SSSR count). The summed E-state index contributed by atoms with van der Waals surface area (Å²) < 4.78 is 11.2. The molecule has 0 spiro atoms. The standard InChI is InChI=1S/C9H16O2/c1-9(10-2)5-7-3-4-8(6-9)11-7/h7-8H,3-6H2,1-2H3. The Hall–Kier alpha value is -0.0800. The van der Waals surface area contributed by atoms with Crippen molar-refractivity contribution in [1.82, 2.24) is 0 Å². The molecule has 64 valence electrons. The third-order valence-electron chi connectivity index (χ3n) is 3.01. The number of methoxy groups -OCH3 is 1. The minimum absolute atomic E-state index is 0.101. The first-order valence-corrected chi connectivity index (χ1v) is 4.42. The van der Waals surface area contributed by atoms with Gasteiger partial charge in [0, 0.05) is 20.0 Å². The van der Waals surface area contributed by atoms with Gasteiger partial charge in [-0.15, -0.1) is 0 Å². The Kier molecular flexibility index (Phi) is 1.69. The molecule has 2 atom stereocenters. The third-order valence-corrected chi connectivity index (χ3v) is 3.01. The molecule has 0 radical (unpaired) electrons. The zero-order chi connectivity index (χ0) is 7.90. The SMILES string of the molecule is COC1(C)CC2CCC(C1)O2. The van der Waals surface area contributed by atoms with Crippen LogP contribution in [-0.2, 0) is 9.47 Å². The van der Waals surface area contributed by atoms with Crippen LogP contribution < -0.4 is 0 Å². The summed E-state index contributed by atoms with van der Waals surface area (Å²) in [6, 6.07) is 0. The van der Waals surface area contributed by atoms with E-state index in [4.69, 9.17) is 9.47 Å². The van der Waals surface area contributed by atoms with Gasteiger partial charge < -0.3 is 9.47 Å².